The van der Waals surface area contributed by atoms with Crippen LogP contribution in [-0.2, 0) is 28.1 Å². The number of benzene rings is 1. The number of nitrogens with zero attached hydrogens (tertiary/aromatic N) is 2. The summed E-state index contributed by atoms with van der Waals surface area (Å²) >= 11 is 4.85. The molecule has 0 bridgehead atoms. The second-order valence-corrected chi connectivity index (χ2v) is 7.85. The number of halogens is 1. The van der Waals surface area contributed by atoms with Crippen LogP contribution >= 0.6 is 0 Å². The molecular formula is C23H19CoFN5+. The number of H-pyrrole nitrogens is 1. The normalized spacial score (nSPS) is 12.9. The van der Waals surface area contributed by atoms with E-state index >= 15 is 0 Å². The van der Waals surface area contributed by atoms with Gasteiger partial charge in [0.15, 0.2) is 0 Å². The van der Waals surface area contributed by atoms with Gasteiger partial charge < -0.3 is 0 Å². The number of aryl methyl sites for hydroxylation is 2. The van der Waals surface area contributed by atoms with Crippen LogP contribution in [0.3, 0.4) is 0 Å². The molecule has 0 saturated carbocycles. The van der Waals surface area contributed by atoms with E-state index in [0.717, 1.165) is 47.8 Å². The van der Waals surface area contributed by atoms with E-state index in [-0.39, 0.29) is 5.69 Å². The first-order valence-corrected chi connectivity index (χ1v) is 10.2. The number of rotatable bonds is 3. The second-order valence-electron chi connectivity index (χ2n) is 7.33. The Labute approximate surface area is 180 Å². The number of aromatic nitrogens is 3. The molecule has 1 aromatic carbocycles. The number of nitrogens with one attached hydrogen (secondary N) is 2. The molecule has 0 radical (unpaired) electrons. The van der Waals surface area contributed by atoms with Crippen molar-refractivity contribution < 1.29 is 24.3 Å². The van der Waals surface area contributed by atoms with Crippen molar-refractivity contribution in [3.63, 3.8) is 0 Å². The van der Waals surface area contributed by atoms with E-state index in [1.807, 2.05) is 41.4 Å². The Kier molecular flexibility index (Phi) is 4.56. The van der Waals surface area contributed by atoms with E-state index in [4.69, 9.17) is 31.4 Å². The molecule has 0 fully saturated rings. The molecule has 5 nitrogen and oxygen atoms in total. The van der Waals surface area contributed by atoms with Crippen LogP contribution in [0.5, 0.6) is 0 Å². The summed E-state index contributed by atoms with van der Waals surface area (Å²) in [6, 6.07) is 8.78. The van der Waals surface area contributed by atoms with Crippen LogP contribution < -0.4 is 10.3 Å². The van der Waals surface area contributed by atoms with Crippen LogP contribution in [0.15, 0.2) is 48.9 Å². The number of anilines is 1. The van der Waals surface area contributed by atoms with Crippen molar-refractivity contribution in [3.05, 3.63) is 75.7 Å². The average molecular weight is 443 g/mol. The van der Waals surface area contributed by atoms with Crippen molar-refractivity contribution >= 4 is 22.9 Å². The molecule has 1 aliphatic rings. The molecule has 0 unspecified atom stereocenters. The molecule has 4 N–H and O–H groups in total. The molecule has 0 saturated heterocycles. The Bertz CT molecular complexity index is 1380. The zero-order valence-electron chi connectivity index (χ0n) is 16.0. The Morgan fingerprint density at radius 2 is 2.00 bits per heavy atom. The monoisotopic (exact) mass is 443 g/mol. The van der Waals surface area contributed by atoms with Crippen LogP contribution in [0.2, 0.25) is 0 Å². The van der Waals surface area contributed by atoms with E-state index in [0.29, 0.717) is 15.4 Å². The molecule has 3 aromatic heterocycles. The van der Waals surface area contributed by atoms with Gasteiger partial charge in [-0.2, -0.15) is 0 Å². The number of hydrogen-bond acceptors (Lipinski definition) is 3. The van der Waals surface area contributed by atoms with E-state index in [1.54, 1.807) is 6.07 Å². The summed E-state index contributed by atoms with van der Waals surface area (Å²) in [6.45, 7) is 0. The second kappa shape index (κ2) is 7.27. The predicted molar refractivity (Wildman–Crippen MR) is 111 cm³/mol. The number of aromatic amines is 1. The molecule has 0 atom stereocenters. The number of fused-ring (bicyclic) bond motifs is 3. The van der Waals surface area contributed by atoms with Gasteiger partial charge in [-0.1, -0.05) is 0 Å². The van der Waals surface area contributed by atoms with Gasteiger partial charge in [0.1, 0.15) is 0 Å². The van der Waals surface area contributed by atoms with Gasteiger partial charge in [0.25, 0.3) is 0 Å². The van der Waals surface area contributed by atoms with Gasteiger partial charge in [0.05, 0.1) is 0 Å². The number of nitrogen functional groups attached to an aromatic ring is 1. The molecule has 0 aliphatic heterocycles. The van der Waals surface area contributed by atoms with Crippen LogP contribution in [0, 0.1) is 15.5 Å². The van der Waals surface area contributed by atoms with Crippen molar-refractivity contribution in [2.75, 3.05) is 5.73 Å². The van der Waals surface area contributed by atoms with E-state index in [2.05, 4.69) is 4.98 Å². The van der Waals surface area contributed by atoms with Gasteiger partial charge in [-0.25, -0.2) is 0 Å². The third kappa shape index (κ3) is 2.81. The van der Waals surface area contributed by atoms with Gasteiger partial charge in [-0.15, -0.1) is 0 Å². The number of pyridine rings is 3. The number of hydrogen-bond donors (Lipinski definition) is 3. The first-order valence-electron chi connectivity index (χ1n) is 9.68. The molecule has 0 amide bonds. The van der Waals surface area contributed by atoms with Crippen LogP contribution in [0.25, 0.3) is 27.8 Å². The Morgan fingerprint density at radius 3 is 2.77 bits per heavy atom. The molecule has 5 rings (SSSR count). The molecule has 3 heterocycles. The fourth-order valence-electron chi connectivity index (χ4n) is 4.27. The maximum atomic E-state index is 14.2. The van der Waals surface area contributed by atoms with Gasteiger partial charge in [0, 0.05) is 0 Å². The van der Waals surface area contributed by atoms with E-state index in [1.165, 1.54) is 17.2 Å². The first kappa shape index (κ1) is 18.8. The fourth-order valence-corrected chi connectivity index (χ4v) is 4.67. The summed E-state index contributed by atoms with van der Waals surface area (Å²) in [5.74, 6) is -0.544. The Morgan fingerprint density at radius 1 is 1.20 bits per heavy atom. The fraction of sp³-hybridized carbons (Fsp3) is 0.130. The standard InChI is InChI=1S/C23H19FN5.Co/c24-18-8-7-16(17(11-25)21(18)26)20-19(29-9-2-1-3-10-29)13-28-22-15-6-4-5-14(15)12-27-23(20)22;/h1-3,7-12,25,28H,4-6,26H2;/q+1;. The quantitative estimate of drug-likeness (QED) is 0.256. The first-order chi connectivity index (χ1) is 14.6. The van der Waals surface area contributed by atoms with Gasteiger partial charge in [0.2, 0.25) is 0 Å². The SMILES string of the molecule is N=Cc1c(-c2c(-[n+]3ccccc3)[c](=[Co])[nH]c3c4c(cnc23)CCC4)ccc(F)c1N. The van der Waals surface area contributed by atoms with Crippen LogP contribution in [0.1, 0.15) is 23.1 Å². The van der Waals surface area contributed by atoms with Crippen LogP contribution in [0.4, 0.5) is 10.1 Å². The summed E-state index contributed by atoms with van der Waals surface area (Å²) in [5.41, 5.74) is 12.6. The van der Waals surface area contributed by atoms with Gasteiger partial charge >= 0.3 is 180 Å². The molecule has 4 aromatic rings. The third-order valence-electron chi connectivity index (χ3n) is 5.67. The van der Waals surface area contributed by atoms with Crippen molar-refractivity contribution in [1.82, 2.24) is 9.97 Å². The van der Waals surface area contributed by atoms with Crippen LogP contribution in [-0.4, -0.2) is 16.2 Å². The summed E-state index contributed by atoms with van der Waals surface area (Å²) in [5, 5.41) is 7.90. The summed E-state index contributed by atoms with van der Waals surface area (Å²) in [6.07, 6.45) is 9.93. The molecule has 1 aliphatic carbocycles. The predicted octanol–water partition coefficient (Wildman–Crippen LogP) is 3.79. The zero-order chi connectivity index (χ0) is 20.8. The topological polar surface area (TPSA) is 82.4 Å². The molecule has 0 spiro atoms. The summed E-state index contributed by atoms with van der Waals surface area (Å²) in [4.78, 5) is 8.24. The summed E-state index contributed by atoms with van der Waals surface area (Å²) in [7, 11) is 0. The van der Waals surface area contributed by atoms with Gasteiger partial charge in [-0.3, -0.25) is 0 Å². The molecule has 151 valence electrons. The maximum absolute atomic E-state index is 14.2. The van der Waals surface area contributed by atoms with Crippen molar-refractivity contribution in [1.29, 1.82) is 5.41 Å². The van der Waals surface area contributed by atoms with Crippen molar-refractivity contribution in [2.24, 2.45) is 0 Å². The summed E-state index contributed by atoms with van der Waals surface area (Å²) < 4.78 is 16.8. The number of nitrogens with two attached hydrogens (primary N) is 1. The average Bonchev–Trinajstić information content (AvgIpc) is 3.25. The Hall–Kier alpha value is -3.16. The van der Waals surface area contributed by atoms with E-state index < -0.39 is 5.82 Å². The minimum atomic E-state index is -0.544. The van der Waals surface area contributed by atoms with Gasteiger partial charge in [-0.05, 0) is 0 Å². The molecule has 7 heteroatoms. The minimum absolute atomic E-state index is 0.0474. The zero-order valence-corrected chi connectivity index (χ0v) is 17.0. The van der Waals surface area contributed by atoms with E-state index in [9.17, 15) is 4.39 Å². The van der Waals surface area contributed by atoms with Crippen molar-refractivity contribution in [2.45, 2.75) is 19.3 Å². The van der Waals surface area contributed by atoms with Crippen molar-refractivity contribution in [3.8, 4) is 16.8 Å². The third-order valence-corrected chi connectivity index (χ3v) is 6.05. The molecule has 30 heavy (non-hydrogen) atoms. The molecular weight excluding hydrogens is 424 g/mol. The Balaban J connectivity index is 1.99.